The number of halogens is 1. The highest BCUT2D eigenvalue weighted by molar-refractivity contribution is 9.10. The number of aryl methyl sites for hydroxylation is 1. The van der Waals surface area contributed by atoms with Gasteiger partial charge in [-0.25, -0.2) is 0 Å². The van der Waals surface area contributed by atoms with Crippen molar-refractivity contribution in [3.8, 4) is 0 Å². The summed E-state index contributed by atoms with van der Waals surface area (Å²) in [7, 11) is 0. The molecule has 1 N–H and O–H groups in total. The van der Waals surface area contributed by atoms with E-state index in [1.54, 1.807) is 0 Å². The van der Waals surface area contributed by atoms with Crippen LogP contribution in [0, 0.1) is 12.8 Å². The molecule has 0 saturated carbocycles. The summed E-state index contributed by atoms with van der Waals surface area (Å²) < 4.78 is 0.943. The van der Waals surface area contributed by atoms with E-state index < -0.39 is 0 Å². The average Bonchev–Trinajstić information content (AvgIpc) is 2.95. The van der Waals surface area contributed by atoms with Gasteiger partial charge in [-0.15, -0.1) is 0 Å². The Bertz CT molecular complexity index is 496. The van der Waals surface area contributed by atoms with Gasteiger partial charge in [0.15, 0.2) is 0 Å². The van der Waals surface area contributed by atoms with E-state index in [-0.39, 0.29) is 5.91 Å². The Balaban J connectivity index is 1.99. The van der Waals surface area contributed by atoms with Crippen LogP contribution in [0.3, 0.4) is 0 Å². The normalized spacial score (nSPS) is 17.2. The second kappa shape index (κ2) is 7.41. The summed E-state index contributed by atoms with van der Waals surface area (Å²) in [5.74, 6) is 0.575. The maximum Gasteiger partial charge on any atom is 0.251 e. The largest absolute Gasteiger partial charge is 0.350 e. The molecule has 0 radical (unpaired) electrons. The number of carbonyl (C=O) groups excluding carboxylic acids is 1. The second-order valence-corrected chi connectivity index (χ2v) is 7.14. The van der Waals surface area contributed by atoms with Crippen LogP contribution in [0.25, 0.3) is 0 Å². The second-order valence-electron chi connectivity index (χ2n) is 6.22. The summed E-state index contributed by atoms with van der Waals surface area (Å²) in [6, 6.07) is 6.27. The van der Waals surface area contributed by atoms with Crippen molar-refractivity contribution in [3.63, 3.8) is 0 Å². The molecule has 0 spiro atoms. The van der Waals surface area contributed by atoms with Gasteiger partial charge in [0.1, 0.15) is 0 Å². The minimum absolute atomic E-state index is 0.0265. The van der Waals surface area contributed by atoms with Gasteiger partial charge in [0.05, 0.1) is 0 Å². The highest BCUT2D eigenvalue weighted by Crippen LogP contribution is 2.18. The Kier molecular flexibility index (Phi) is 5.82. The van der Waals surface area contributed by atoms with Crippen LogP contribution >= 0.6 is 15.9 Å². The van der Waals surface area contributed by atoms with Crippen molar-refractivity contribution < 1.29 is 4.79 Å². The maximum atomic E-state index is 12.4. The topological polar surface area (TPSA) is 32.3 Å². The molecule has 4 heteroatoms. The predicted octanol–water partition coefficient (Wildman–Crippen LogP) is 3.61. The first-order chi connectivity index (χ1) is 9.99. The number of nitrogens with one attached hydrogen (secondary N) is 1. The van der Waals surface area contributed by atoms with Crippen LogP contribution < -0.4 is 5.32 Å². The number of hydrogen-bond donors (Lipinski definition) is 1. The summed E-state index contributed by atoms with van der Waals surface area (Å²) in [6.45, 7) is 9.49. The highest BCUT2D eigenvalue weighted by Gasteiger charge is 2.25. The van der Waals surface area contributed by atoms with E-state index in [9.17, 15) is 4.79 Å². The molecular formula is C17H25BrN2O. The Hall–Kier alpha value is -0.870. The van der Waals surface area contributed by atoms with E-state index in [1.807, 2.05) is 25.1 Å². The predicted molar refractivity (Wildman–Crippen MR) is 90.6 cm³/mol. The lowest BCUT2D eigenvalue weighted by Crippen LogP contribution is -2.45. The summed E-state index contributed by atoms with van der Waals surface area (Å²) in [5, 5.41) is 3.12. The molecule has 1 aliphatic rings. The molecule has 1 aliphatic heterocycles. The molecule has 1 saturated heterocycles. The molecule has 1 aromatic carbocycles. The van der Waals surface area contributed by atoms with Crippen molar-refractivity contribution >= 4 is 21.8 Å². The molecule has 1 atom stereocenters. The first-order valence-corrected chi connectivity index (χ1v) is 8.56. The molecule has 116 valence electrons. The third-order valence-electron chi connectivity index (χ3n) is 4.30. The molecule has 3 nitrogen and oxygen atoms in total. The summed E-state index contributed by atoms with van der Waals surface area (Å²) >= 11 is 3.43. The van der Waals surface area contributed by atoms with Crippen LogP contribution in [0.1, 0.15) is 42.6 Å². The van der Waals surface area contributed by atoms with E-state index in [0.29, 0.717) is 12.0 Å². The fourth-order valence-corrected chi connectivity index (χ4v) is 3.35. The Labute approximate surface area is 136 Å². The summed E-state index contributed by atoms with van der Waals surface area (Å²) in [4.78, 5) is 14.9. The van der Waals surface area contributed by atoms with Crippen LogP contribution in [0.5, 0.6) is 0 Å². The Morgan fingerprint density at radius 3 is 2.62 bits per heavy atom. The minimum atomic E-state index is 0.0265. The fourth-order valence-electron chi connectivity index (χ4n) is 2.99. The van der Waals surface area contributed by atoms with Crippen LogP contribution in [0.15, 0.2) is 22.7 Å². The zero-order valence-electron chi connectivity index (χ0n) is 13.2. The van der Waals surface area contributed by atoms with Gasteiger partial charge in [0, 0.05) is 22.6 Å². The lowest BCUT2D eigenvalue weighted by molar-refractivity contribution is 0.0926. The molecular weight excluding hydrogens is 328 g/mol. The van der Waals surface area contributed by atoms with Crippen molar-refractivity contribution in [2.75, 3.05) is 19.6 Å². The lowest BCUT2D eigenvalue weighted by atomic mass is 10.0. The zero-order valence-corrected chi connectivity index (χ0v) is 14.7. The van der Waals surface area contributed by atoms with E-state index in [1.165, 1.54) is 12.8 Å². The van der Waals surface area contributed by atoms with Gasteiger partial charge in [-0.1, -0.05) is 35.8 Å². The standard InChI is InChI=1S/C17H25BrN2O/c1-12(2)16(20-8-4-5-9-20)11-19-17(21)15-10-14(18)7-6-13(15)3/h6-7,10,12,16H,4-5,8-9,11H2,1-3H3,(H,19,21). The van der Waals surface area contributed by atoms with E-state index >= 15 is 0 Å². The number of likely N-dealkylation sites (tertiary alicyclic amines) is 1. The fraction of sp³-hybridized carbons (Fsp3) is 0.588. The van der Waals surface area contributed by atoms with E-state index in [2.05, 4.69) is 40.0 Å². The number of benzene rings is 1. The van der Waals surface area contributed by atoms with Crippen LogP contribution in [0.4, 0.5) is 0 Å². The van der Waals surface area contributed by atoms with Gasteiger partial charge in [-0.2, -0.15) is 0 Å². The summed E-state index contributed by atoms with van der Waals surface area (Å²) in [5.41, 5.74) is 1.77. The third kappa shape index (κ3) is 4.30. The average molecular weight is 353 g/mol. The van der Waals surface area contributed by atoms with Gasteiger partial charge < -0.3 is 5.32 Å². The van der Waals surface area contributed by atoms with Crippen LogP contribution in [-0.4, -0.2) is 36.5 Å². The van der Waals surface area contributed by atoms with Crippen molar-refractivity contribution in [2.45, 2.75) is 39.7 Å². The smallest absolute Gasteiger partial charge is 0.251 e. The number of rotatable bonds is 5. The SMILES string of the molecule is Cc1ccc(Br)cc1C(=O)NCC(C(C)C)N1CCCC1. The molecule has 0 aromatic heterocycles. The molecule has 1 fully saturated rings. The van der Waals surface area contributed by atoms with Crippen LogP contribution in [-0.2, 0) is 0 Å². The van der Waals surface area contributed by atoms with Crippen molar-refractivity contribution in [1.82, 2.24) is 10.2 Å². The monoisotopic (exact) mass is 352 g/mol. The highest BCUT2D eigenvalue weighted by atomic mass is 79.9. The minimum Gasteiger partial charge on any atom is -0.350 e. The molecule has 1 heterocycles. The molecule has 2 rings (SSSR count). The number of nitrogens with zero attached hydrogens (tertiary/aromatic N) is 1. The third-order valence-corrected chi connectivity index (χ3v) is 4.79. The van der Waals surface area contributed by atoms with Gasteiger partial charge >= 0.3 is 0 Å². The lowest BCUT2D eigenvalue weighted by Gasteiger charge is -2.31. The molecule has 0 aliphatic carbocycles. The molecule has 1 aromatic rings. The quantitative estimate of drug-likeness (QED) is 0.877. The first kappa shape index (κ1) is 16.5. The number of amides is 1. The van der Waals surface area contributed by atoms with Crippen LogP contribution in [0.2, 0.25) is 0 Å². The van der Waals surface area contributed by atoms with Crippen molar-refractivity contribution in [2.24, 2.45) is 5.92 Å². The molecule has 1 unspecified atom stereocenters. The van der Waals surface area contributed by atoms with Crippen molar-refractivity contribution in [1.29, 1.82) is 0 Å². The van der Waals surface area contributed by atoms with E-state index in [0.717, 1.165) is 35.2 Å². The Morgan fingerprint density at radius 2 is 2.00 bits per heavy atom. The van der Waals surface area contributed by atoms with Gasteiger partial charge in [0.2, 0.25) is 0 Å². The molecule has 1 amide bonds. The Morgan fingerprint density at radius 1 is 1.33 bits per heavy atom. The number of carbonyl (C=O) groups is 1. The van der Waals surface area contributed by atoms with Gasteiger partial charge in [0.25, 0.3) is 5.91 Å². The van der Waals surface area contributed by atoms with Gasteiger partial charge in [-0.3, -0.25) is 9.69 Å². The summed E-state index contributed by atoms with van der Waals surface area (Å²) in [6.07, 6.45) is 2.56. The zero-order chi connectivity index (χ0) is 15.4. The van der Waals surface area contributed by atoms with Gasteiger partial charge in [-0.05, 0) is 56.5 Å². The molecule has 21 heavy (non-hydrogen) atoms. The van der Waals surface area contributed by atoms with Crippen molar-refractivity contribution in [3.05, 3.63) is 33.8 Å². The first-order valence-electron chi connectivity index (χ1n) is 7.77. The van der Waals surface area contributed by atoms with E-state index in [4.69, 9.17) is 0 Å². The number of hydrogen-bond acceptors (Lipinski definition) is 2. The molecule has 0 bridgehead atoms. The maximum absolute atomic E-state index is 12.4.